The lowest BCUT2D eigenvalue weighted by Crippen LogP contribution is -2.32. The number of carbonyl (C=O) groups excluding carboxylic acids is 1. The maximum atomic E-state index is 11.9. The number of hydrogen-bond acceptors (Lipinski definition) is 8. The Kier molecular flexibility index (Phi) is 4.74. The highest BCUT2D eigenvalue weighted by Gasteiger charge is 2.23. The van der Waals surface area contributed by atoms with Gasteiger partial charge in [0.1, 0.15) is 5.01 Å². The van der Waals surface area contributed by atoms with Gasteiger partial charge in [0.25, 0.3) is 5.56 Å². The van der Waals surface area contributed by atoms with Crippen molar-refractivity contribution in [2.75, 3.05) is 30.3 Å². The summed E-state index contributed by atoms with van der Waals surface area (Å²) in [6, 6.07) is 1.59. The van der Waals surface area contributed by atoms with Gasteiger partial charge in [-0.1, -0.05) is 11.3 Å². The van der Waals surface area contributed by atoms with Gasteiger partial charge in [-0.05, 0) is 12.3 Å². The van der Waals surface area contributed by atoms with Gasteiger partial charge in [-0.2, -0.15) is 5.10 Å². The average Bonchev–Trinajstić information content (AvgIpc) is 3.17. The van der Waals surface area contributed by atoms with Crippen molar-refractivity contribution < 1.29 is 4.79 Å². The number of aryl methyl sites for hydroxylation is 1. The molecule has 0 spiro atoms. The Morgan fingerprint density at radius 3 is 3.04 bits per heavy atom. The molecule has 10 heteroatoms. The lowest BCUT2D eigenvalue weighted by atomic mass is 10.1. The molecule has 24 heavy (non-hydrogen) atoms. The zero-order valence-corrected chi connectivity index (χ0v) is 14.1. The quantitative estimate of drug-likeness (QED) is 0.739. The summed E-state index contributed by atoms with van der Waals surface area (Å²) < 4.78 is 1.30. The SMILES string of the molecule is Cn1ncc(N2CC[C@@H](CNC(=O)Cc3nnc(N)s3)C2)cc1=O. The molecule has 3 heterocycles. The van der Waals surface area contributed by atoms with Crippen molar-refractivity contribution >= 4 is 28.1 Å². The van der Waals surface area contributed by atoms with Gasteiger partial charge in [0, 0.05) is 32.7 Å². The first-order valence-electron chi connectivity index (χ1n) is 7.64. The second-order valence-corrected chi connectivity index (χ2v) is 6.88. The fourth-order valence-electron chi connectivity index (χ4n) is 2.66. The van der Waals surface area contributed by atoms with Crippen LogP contribution >= 0.6 is 11.3 Å². The summed E-state index contributed by atoms with van der Waals surface area (Å²) in [5.74, 6) is 0.261. The van der Waals surface area contributed by atoms with Gasteiger partial charge in [0.2, 0.25) is 11.0 Å². The molecule has 0 unspecified atom stereocenters. The molecular formula is C14H19N7O2S. The van der Waals surface area contributed by atoms with E-state index in [0.29, 0.717) is 22.6 Å². The van der Waals surface area contributed by atoms with Crippen LogP contribution in [0, 0.1) is 5.92 Å². The molecule has 9 nitrogen and oxygen atoms in total. The van der Waals surface area contributed by atoms with E-state index in [-0.39, 0.29) is 17.9 Å². The van der Waals surface area contributed by atoms with Crippen molar-refractivity contribution in [2.45, 2.75) is 12.8 Å². The second kappa shape index (κ2) is 6.95. The first kappa shape index (κ1) is 16.4. The first-order chi connectivity index (χ1) is 11.5. The lowest BCUT2D eigenvalue weighted by molar-refractivity contribution is -0.120. The fraction of sp³-hybridized carbons (Fsp3) is 0.500. The van der Waals surface area contributed by atoms with E-state index >= 15 is 0 Å². The highest BCUT2D eigenvalue weighted by Crippen LogP contribution is 2.21. The molecule has 1 atom stereocenters. The molecule has 128 valence electrons. The second-order valence-electron chi connectivity index (χ2n) is 5.79. The number of nitrogens with zero attached hydrogens (tertiary/aromatic N) is 5. The van der Waals surface area contributed by atoms with Gasteiger partial charge in [-0.3, -0.25) is 9.59 Å². The Bertz CT molecular complexity index is 787. The average molecular weight is 349 g/mol. The topological polar surface area (TPSA) is 119 Å². The fourth-order valence-corrected chi connectivity index (χ4v) is 3.27. The molecule has 3 N–H and O–H groups in total. The predicted molar refractivity (Wildman–Crippen MR) is 90.8 cm³/mol. The maximum Gasteiger partial charge on any atom is 0.268 e. The van der Waals surface area contributed by atoms with Gasteiger partial charge < -0.3 is 16.0 Å². The van der Waals surface area contributed by atoms with Crippen LogP contribution in [0.25, 0.3) is 0 Å². The van der Waals surface area contributed by atoms with E-state index in [1.165, 1.54) is 16.0 Å². The van der Waals surface area contributed by atoms with Crippen molar-refractivity contribution in [3.63, 3.8) is 0 Å². The molecule has 1 saturated heterocycles. The summed E-state index contributed by atoms with van der Waals surface area (Å²) in [5.41, 5.74) is 6.20. The van der Waals surface area contributed by atoms with Crippen molar-refractivity contribution in [3.05, 3.63) is 27.6 Å². The summed E-state index contributed by atoms with van der Waals surface area (Å²) in [7, 11) is 1.63. The van der Waals surface area contributed by atoms with Crippen LogP contribution in [0.15, 0.2) is 17.1 Å². The highest BCUT2D eigenvalue weighted by molar-refractivity contribution is 7.15. The summed E-state index contributed by atoms with van der Waals surface area (Å²) in [6.45, 7) is 2.24. The first-order valence-corrected chi connectivity index (χ1v) is 8.46. The predicted octanol–water partition coefficient (Wildman–Crippen LogP) is -0.601. The molecule has 2 aromatic heterocycles. The van der Waals surface area contributed by atoms with E-state index < -0.39 is 0 Å². The van der Waals surface area contributed by atoms with Crippen LogP contribution in [0.1, 0.15) is 11.4 Å². The van der Waals surface area contributed by atoms with E-state index in [4.69, 9.17) is 5.73 Å². The summed E-state index contributed by atoms with van der Waals surface area (Å²) in [6.07, 6.45) is 2.85. The van der Waals surface area contributed by atoms with Crippen LogP contribution in [0.4, 0.5) is 10.8 Å². The number of nitrogen functional groups attached to an aromatic ring is 1. The third-order valence-electron chi connectivity index (χ3n) is 3.99. The summed E-state index contributed by atoms with van der Waals surface area (Å²) >= 11 is 1.22. The molecule has 0 saturated carbocycles. The normalized spacial score (nSPS) is 17.2. The van der Waals surface area contributed by atoms with Crippen molar-refractivity contribution in [2.24, 2.45) is 13.0 Å². The van der Waals surface area contributed by atoms with E-state index in [1.54, 1.807) is 19.3 Å². The zero-order chi connectivity index (χ0) is 17.1. The van der Waals surface area contributed by atoms with Crippen molar-refractivity contribution in [3.8, 4) is 0 Å². The van der Waals surface area contributed by atoms with Crippen LogP contribution in [0.2, 0.25) is 0 Å². The van der Waals surface area contributed by atoms with Crippen LogP contribution in [-0.2, 0) is 18.3 Å². The van der Waals surface area contributed by atoms with Crippen LogP contribution < -0.4 is 21.5 Å². The number of amides is 1. The molecule has 1 fully saturated rings. The van der Waals surface area contributed by atoms with Crippen molar-refractivity contribution in [1.29, 1.82) is 0 Å². The molecule has 0 bridgehead atoms. The van der Waals surface area contributed by atoms with Gasteiger partial charge in [-0.15, -0.1) is 10.2 Å². The Morgan fingerprint density at radius 1 is 1.50 bits per heavy atom. The monoisotopic (exact) mass is 349 g/mol. The van der Waals surface area contributed by atoms with E-state index in [2.05, 4.69) is 25.5 Å². The molecule has 0 aliphatic carbocycles. The van der Waals surface area contributed by atoms with Crippen LogP contribution in [0.5, 0.6) is 0 Å². The number of anilines is 2. The highest BCUT2D eigenvalue weighted by atomic mass is 32.1. The van der Waals surface area contributed by atoms with Gasteiger partial charge >= 0.3 is 0 Å². The minimum Gasteiger partial charge on any atom is -0.374 e. The van der Waals surface area contributed by atoms with Gasteiger partial charge in [0.15, 0.2) is 0 Å². The van der Waals surface area contributed by atoms with Crippen molar-refractivity contribution in [1.82, 2.24) is 25.3 Å². The largest absolute Gasteiger partial charge is 0.374 e. The van der Waals surface area contributed by atoms with E-state index in [1.807, 2.05) is 0 Å². The third kappa shape index (κ3) is 3.88. The number of nitrogens with two attached hydrogens (primary N) is 1. The number of aromatic nitrogens is 4. The molecule has 0 radical (unpaired) electrons. The van der Waals surface area contributed by atoms with Crippen LogP contribution in [0.3, 0.4) is 0 Å². The molecular weight excluding hydrogens is 330 g/mol. The third-order valence-corrected chi connectivity index (χ3v) is 4.74. The minimum atomic E-state index is -0.124. The maximum absolute atomic E-state index is 11.9. The molecule has 2 aromatic rings. The van der Waals surface area contributed by atoms with E-state index in [9.17, 15) is 9.59 Å². The lowest BCUT2D eigenvalue weighted by Gasteiger charge is -2.18. The van der Waals surface area contributed by atoms with Crippen LogP contribution in [-0.4, -0.2) is 45.5 Å². The number of carbonyl (C=O) groups is 1. The summed E-state index contributed by atoms with van der Waals surface area (Å²) in [5, 5.41) is 15.5. The number of nitrogens with one attached hydrogen (secondary N) is 1. The molecule has 1 amide bonds. The van der Waals surface area contributed by atoms with E-state index in [0.717, 1.165) is 25.2 Å². The zero-order valence-electron chi connectivity index (χ0n) is 13.3. The smallest absolute Gasteiger partial charge is 0.268 e. The Morgan fingerprint density at radius 2 is 2.33 bits per heavy atom. The molecule has 1 aliphatic heterocycles. The Labute approximate surface area is 142 Å². The Hall–Kier alpha value is -2.49. The number of hydrogen-bond donors (Lipinski definition) is 2. The standard InChI is InChI=1S/C14H19N7O2S/c1-20-13(23)4-10(7-17-20)21-3-2-9(8-21)6-16-11(22)5-12-18-19-14(15)24-12/h4,7,9H,2-3,5-6,8H2,1H3,(H2,15,19)(H,16,22)/t9-/m0/s1. The Balaban J connectivity index is 1.48. The molecule has 3 rings (SSSR count). The molecule has 1 aliphatic rings. The van der Waals surface area contributed by atoms with Gasteiger partial charge in [-0.25, -0.2) is 4.68 Å². The van der Waals surface area contributed by atoms with Gasteiger partial charge in [0.05, 0.1) is 18.3 Å². The summed E-state index contributed by atoms with van der Waals surface area (Å²) in [4.78, 5) is 25.7. The number of rotatable bonds is 5. The minimum absolute atomic E-state index is 0.0835. The molecule has 0 aromatic carbocycles.